The van der Waals surface area contributed by atoms with Gasteiger partial charge in [-0.1, -0.05) is 34.1 Å². The molecule has 14 heteroatoms. The zero-order chi connectivity index (χ0) is 37.9. The number of aliphatic hydroxyl groups is 9. The third-order valence-corrected chi connectivity index (χ3v) is 15.0. The lowest BCUT2D eigenvalue weighted by Crippen LogP contribution is -2.67. The molecule has 0 aromatic rings. The summed E-state index contributed by atoms with van der Waals surface area (Å²) in [5, 5.41) is 98.8. The van der Waals surface area contributed by atoms with Gasteiger partial charge in [-0.15, -0.1) is 0 Å². The monoisotopic (exact) mass is 746 g/mol. The molecular weight excluding hydrogens is 680 g/mol. The van der Waals surface area contributed by atoms with Gasteiger partial charge >= 0.3 is 0 Å². The summed E-state index contributed by atoms with van der Waals surface area (Å²) in [6.07, 6.45) is -7.31. The minimum atomic E-state index is -1.37. The van der Waals surface area contributed by atoms with Gasteiger partial charge in [0.05, 0.1) is 49.8 Å². The minimum absolute atomic E-state index is 0.0539. The molecule has 6 rings (SSSR count). The maximum absolute atomic E-state index is 12.6. The molecule has 2 saturated heterocycles. The smallest absolute Gasteiger partial charge is 0.187 e. The second kappa shape index (κ2) is 15.8. The highest BCUT2D eigenvalue weighted by Crippen LogP contribution is 2.69. The van der Waals surface area contributed by atoms with Crippen LogP contribution in [0.2, 0.25) is 0 Å². The Morgan fingerprint density at radius 3 is 2.00 bits per heavy atom. The summed E-state index contributed by atoms with van der Waals surface area (Å²) in [5.41, 5.74) is -2.02. The average Bonchev–Trinajstić information content (AvgIpc) is 3.29. The van der Waals surface area contributed by atoms with E-state index in [1.54, 1.807) is 0 Å². The van der Waals surface area contributed by atoms with E-state index in [9.17, 15) is 46.0 Å². The van der Waals surface area contributed by atoms with Crippen molar-refractivity contribution in [2.24, 2.45) is 46.3 Å². The van der Waals surface area contributed by atoms with Gasteiger partial charge in [-0.25, -0.2) is 0 Å². The lowest BCUT2D eigenvalue weighted by Gasteiger charge is -2.65. The third-order valence-electron chi connectivity index (χ3n) is 15.0. The quantitative estimate of drug-likeness (QED) is 0.136. The van der Waals surface area contributed by atoms with Gasteiger partial charge in [-0.05, 0) is 91.8 Å². The van der Waals surface area contributed by atoms with Crippen LogP contribution in [0.15, 0.2) is 0 Å². The van der Waals surface area contributed by atoms with Crippen molar-refractivity contribution in [3.8, 4) is 0 Å². The van der Waals surface area contributed by atoms with Gasteiger partial charge in [-0.3, -0.25) is 0 Å². The summed E-state index contributed by atoms with van der Waals surface area (Å²) in [6, 6.07) is 0. The predicted molar refractivity (Wildman–Crippen MR) is 184 cm³/mol. The zero-order valence-corrected chi connectivity index (χ0v) is 31.4. The van der Waals surface area contributed by atoms with Gasteiger partial charge in [0.25, 0.3) is 0 Å². The maximum Gasteiger partial charge on any atom is 0.187 e. The lowest BCUT2D eigenvalue weighted by atomic mass is 9.42. The molecule has 4 saturated carbocycles. The van der Waals surface area contributed by atoms with Crippen molar-refractivity contribution in [1.29, 1.82) is 0 Å². The van der Waals surface area contributed by atoms with Gasteiger partial charge in [0.2, 0.25) is 0 Å². The van der Waals surface area contributed by atoms with E-state index in [0.29, 0.717) is 32.1 Å². The van der Waals surface area contributed by atoms with Crippen LogP contribution in [0, 0.1) is 46.3 Å². The van der Waals surface area contributed by atoms with E-state index in [2.05, 4.69) is 27.7 Å². The van der Waals surface area contributed by atoms with E-state index in [-0.39, 0.29) is 54.8 Å². The third kappa shape index (κ3) is 7.03. The number of methoxy groups -OCH3 is 1. The average molecular weight is 747 g/mol. The zero-order valence-electron chi connectivity index (χ0n) is 31.4. The van der Waals surface area contributed by atoms with Crippen molar-refractivity contribution >= 4 is 0 Å². The molecule has 0 aromatic carbocycles. The summed E-state index contributed by atoms with van der Waals surface area (Å²) >= 11 is 0. The Hall–Kier alpha value is -0.560. The van der Waals surface area contributed by atoms with E-state index >= 15 is 0 Å². The van der Waals surface area contributed by atoms with E-state index < -0.39 is 90.6 Å². The normalized spacial score (nSPS) is 52.9. The molecule has 14 nitrogen and oxygen atoms in total. The van der Waals surface area contributed by atoms with Gasteiger partial charge in [0.1, 0.15) is 36.6 Å². The Balaban J connectivity index is 1.09. The molecule has 12 unspecified atom stereocenters. The van der Waals surface area contributed by atoms with Crippen LogP contribution in [-0.2, 0) is 23.7 Å². The second-order valence-electron chi connectivity index (χ2n) is 18.0. The first-order valence-corrected chi connectivity index (χ1v) is 19.7. The Kier molecular flexibility index (Phi) is 12.5. The molecule has 0 spiro atoms. The van der Waals surface area contributed by atoms with Crippen LogP contribution in [0.3, 0.4) is 0 Å². The highest BCUT2D eigenvalue weighted by Gasteiger charge is 2.71. The molecule has 0 aromatic heterocycles. The van der Waals surface area contributed by atoms with Gasteiger partial charge < -0.3 is 69.6 Å². The highest BCUT2D eigenvalue weighted by molar-refractivity contribution is 5.20. The minimum Gasteiger partial charge on any atom is -0.390 e. The number of fused-ring (bicyclic) bond motifs is 5. The van der Waals surface area contributed by atoms with Gasteiger partial charge in [-0.2, -0.15) is 0 Å². The Morgan fingerprint density at radius 2 is 1.35 bits per heavy atom. The van der Waals surface area contributed by atoms with Crippen molar-refractivity contribution < 1.29 is 69.6 Å². The Morgan fingerprint density at radius 1 is 0.712 bits per heavy atom. The molecule has 0 amide bonds. The van der Waals surface area contributed by atoms with Gasteiger partial charge in [0.15, 0.2) is 12.6 Å². The number of rotatable bonds is 11. The summed E-state index contributed by atoms with van der Waals surface area (Å²) in [6.45, 7) is 8.32. The molecule has 0 radical (unpaired) electrons. The highest BCUT2D eigenvalue weighted by atomic mass is 16.8. The first-order chi connectivity index (χ1) is 24.5. The second-order valence-corrected chi connectivity index (χ2v) is 18.0. The molecule has 2 aliphatic heterocycles. The molecule has 302 valence electrons. The standard InChI is InChI=1S/C38H66O14/c1-18(2)19(15-49-34-32(29(45)24(41)16-50-34)52-35-31(48-5)28(44)23(40)17-51-35)7-6-8-20-27(43)30(46)33-37(20,4)13-11-25-36(3)12-10-22(39)26(42)21(36)9-14-38(25,33)47/h18-35,39-47H,6-17H2,1-5H3/t19?,20-,21?,22-,23?,24?,25?,26+,27+,28?,29?,30+,31?,32?,33?,34?,35?,36-,37+,38-/m0/s1. The van der Waals surface area contributed by atoms with Crippen molar-refractivity contribution in [2.75, 3.05) is 26.9 Å². The molecule has 2 heterocycles. The molecular formula is C38H66O14. The molecule has 6 fully saturated rings. The molecule has 6 aliphatic rings. The van der Waals surface area contributed by atoms with E-state index in [1.807, 2.05) is 0 Å². The lowest BCUT2D eigenvalue weighted by molar-refractivity contribution is -0.346. The predicted octanol–water partition coefficient (Wildman–Crippen LogP) is 0.0490. The van der Waals surface area contributed by atoms with Crippen LogP contribution in [-0.4, -0.2) is 152 Å². The largest absolute Gasteiger partial charge is 0.390 e. The Labute approximate surface area is 307 Å². The molecule has 20 atom stereocenters. The van der Waals surface area contributed by atoms with Crippen LogP contribution in [0.5, 0.6) is 0 Å². The summed E-state index contributed by atoms with van der Waals surface area (Å²) < 4.78 is 28.9. The fourth-order valence-electron chi connectivity index (χ4n) is 11.9. The maximum atomic E-state index is 12.6. The van der Waals surface area contributed by atoms with E-state index in [4.69, 9.17) is 23.7 Å². The fraction of sp³-hybridized carbons (Fsp3) is 1.00. The molecule has 52 heavy (non-hydrogen) atoms. The summed E-state index contributed by atoms with van der Waals surface area (Å²) in [4.78, 5) is 0. The van der Waals surface area contributed by atoms with Crippen LogP contribution < -0.4 is 0 Å². The van der Waals surface area contributed by atoms with Crippen molar-refractivity contribution in [2.45, 2.75) is 165 Å². The van der Waals surface area contributed by atoms with Crippen LogP contribution >= 0.6 is 0 Å². The molecule has 4 aliphatic carbocycles. The van der Waals surface area contributed by atoms with E-state index in [1.165, 1.54) is 7.11 Å². The summed E-state index contributed by atoms with van der Waals surface area (Å²) in [5.74, 6) is -0.712. The van der Waals surface area contributed by atoms with Gasteiger partial charge in [0, 0.05) is 13.0 Å². The van der Waals surface area contributed by atoms with Crippen molar-refractivity contribution in [3.63, 3.8) is 0 Å². The number of hydrogen-bond acceptors (Lipinski definition) is 14. The number of aliphatic hydroxyl groups excluding tert-OH is 8. The first kappa shape index (κ1) is 41.1. The summed E-state index contributed by atoms with van der Waals surface area (Å²) in [7, 11) is 1.34. The number of hydrogen-bond donors (Lipinski definition) is 9. The number of ether oxygens (including phenoxy) is 5. The fourth-order valence-corrected chi connectivity index (χ4v) is 11.9. The van der Waals surface area contributed by atoms with Crippen LogP contribution in [0.4, 0.5) is 0 Å². The van der Waals surface area contributed by atoms with Crippen LogP contribution in [0.25, 0.3) is 0 Å². The SMILES string of the molecule is COC1C(OC2C(OCC(CCC[C@H]3[C@@H](O)[C@@H](O)C4[C@]5(O)CCC6[C@@H](O)[C@@H](O)CC[C@]6(C)C5CC[C@@]43C)C(C)C)OCC(O)C2O)OCC(O)C1O. The molecule has 9 N–H and O–H groups in total. The van der Waals surface area contributed by atoms with E-state index in [0.717, 1.165) is 25.7 Å². The van der Waals surface area contributed by atoms with Crippen LogP contribution in [0.1, 0.15) is 85.5 Å². The molecule has 0 bridgehead atoms. The van der Waals surface area contributed by atoms with Crippen molar-refractivity contribution in [1.82, 2.24) is 0 Å². The Bertz CT molecular complexity index is 1190. The topological polar surface area (TPSA) is 228 Å². The van der Waals surface area contributed by atoms with Crippen molar-refractivity contribution in [3.05, 3.63) is 0 Å². The first-order valence-electron chi connectivity index (χ1n) is 19.7.